The highest BCUT2D eigenvalue weighted by atomic mass is 79.9. The van der Waals surface area contributed by atoms with Crippen LogP contribution in [0.4, 0.5) is 11.8 Å². The van der Waals surface area contributed by atoms with Gasteiger partial charge in [-0.2, -0.15) is 15.5 Å². The van der Waals surface area contributed by atoms with Gasteiger partial charge >= 0.3 is 0 Å². The number of nitrogen functional groups attached to an aromatic ring is 2. The Morgan fingerprint density at radius 3 is 1.62 bits per heavy atom. The van der Waals surface area contributed by atoms with Crippen LogP contribution in [0.15, 0.2) is 68.0 Å². The smallest absolute Gasteiger partial charge is 0.238 e. The minimum absolute atomic E-state index is 0.0925. The summed E-state index contributed by atoms with van der Waals surface area (Å²) < 4.78 is 24.6. The summed E-state index contributed by atoms with van der Waals surface area (Å²) in [4.78, 5) is 7.79. The molecule has 4 N–H and O–H groups in total. The summed E-state index contributed by atoms with van der Waals surface area (Å²) in [5.41, 5.74) is 18.1. The summed E-state index contributed by atoms with van der Waals surface area (Å²) in [7, 11) is 1.48. The molecule has 0 unspecified atom stereocenters. The Hall–Kier alpha value is -4.30. The number of rotatable bonds is 10. The third-order valence-corrected chi connectivity index (χ3v) is 10.2. The van der Waals surface area contributed by atoms with Crippen molar-refractivity contribution in [2.75, 3.05) is 25.2 Å². The second-order valence-electron chi connectivity index (χ2n) is 12.8. The Kier molecular flexibility index (Phi) is 18.1. The molecule has 10 nitrogen and oxygen atoms in total. The molecule has 0 aliphatic heterocycles. The predicted octanol–water partition coefficient (Wildman–Crippen LogP) is 11.7. The predicted molar refractivity (Wildman–Crippen MR) is 222 cm³/mol. The summed E-state index contributed by atoms with van der Waals surface area (Å²) in [6.45, 7) is 18.8. The van der Waals surface area contributed by atoms with Crippen molar-refractivity contribution in [3.63, 3.8) is 0 Å². The largest absolute Gasteiger partial charge is 0.500 e. The van der Waals surface area contributed by atoms with Gasteiger partial charge in [-0.25, -0.2) is 4.98 Å². The van der Waals surface area contributed by atoms with Gasteiger partial charge in [0, 0.05) is 13.4 Å². The lowest BCUT2D eigenvalue weighted by Gasteiger charge is -2.16. The first-order valence-corrected chi connectivity index (χ1v) is 19.1. The van der Waals surface area contributed by atoms with E-state index in [2.05, 4.69) is 117 Å². The molecule has 1 aromatic heterocycles. The minimum atomic E-state index is 0.0925. The number of aromatic nitrogens is 2. The summed E-state index contributed by atoms with van der Waals surface area (Å²) in [5, 5.41) is 17.4. The number of hydrogen-bond donors (Lipinski definition) is 2. The van der Waals surface area contributed by atoms with Crippen LogP contribution in [0, 0.1) is 43.4 Å². The van der Waals surface area contributed by atoms with Gasteiger partial charge < -0.3 is 30.4 Å². The van der Waals surface area contributed by atoms with E-state index in [4.69, 9.17) is 40.9 Å². The second kappa shape index (κ2) is 21.4. The van der Waals surface area contributed by atoms with E-state index in [0.717, 1.165) is 52.7 Å². The number of ether oxygens (including phenoxy) is 4. The number of halogens is 3. The zero-order chi connectivity index (χ0) is 40.0. The molecule has 1 heterocycles. The quantitative estimate of drug-likeness (QED) is 0.116. The number of aryl methyl sites for hydroxylation is 3. The van der Waals surface area contributed by atoms with Crippen LogP contribution >= 0.6 is 47.8 Å². The Labute approximate surface area is 338 Å². The Morgan fingerprint density at radius 1 is 0.736 bits per heavy atom. The lowest BCUT2D eigenvalue weighted by molar-refractivity contribution is 0.310. The average Bonchev–Trinajstić information content (AvgIpc) is 3.09. The van der Waals surface area contributed by atoms with E-state index in [9.17, 15) is 0 Å². The van der Waals surface area contributed by atoms with Gasteiger partial charge in [-0.3, -0.25) is 0 Å². The Bertz CT molecular complexity index is 1990. The number of benzene rings is 3. The van der Waals surface area contributed by atoms with Gasteiger partial charge in [0.15, 0.2) is 18.2 Å². The van der Waals surface area contributed by atoms with E-state index in [1.807, 2.05) is 51.1 Å². The molecule has 0 fully saturated rings. The van der Waals surface area contributed by atoms with Crippen LogP contribution in [0.2, 0.25) is 0 Å². The fourth-order valence-corrected chi connectivity index (χ4v) is 5.68. The molecule has 0 radical (unpaired) electrons. The van der Waals surface area contributed by atoms with Crippen molar-refractivity contribution >= 4 is 59.6 Å². The molecule has 0 amide bonds. The molecule has 4 aromatic rings. The first-order valence-electron chi connectivity index (χ1n) is 16.7. The van der Waals surface area contributed by atoms with Crippen LogP contribution in [0.25, 0.3) is 0 Å². The summed E-state index contributed by atoms with van der Waals surface area (Å²) in [6, 6.07) is 15.9. The van der Waals surface area contributed by atoms with Crippen LogP contribution in [0.1, 0.15) is 92.7 Å². The first kappa shape index (κ1) is 44.9. The van der Waals surface area contributed by atoms with Crippen molar-refractivity contribution in [2.24, 2.45) is 0 Å². The molecule has 0 aliphatic carbocycles. The van der Waals surface area contributed by atoms with E-state index in [1.54, 1.807) is 0 Å². The van der Waals surface area contributed by atoms with Crippen LogP contribution in [-0.4, -0.2) is 23.7 Å². The van der Waals surface area contributed by atoms with E-state index >= 15 is 0 Å². The van der Waals surface area contributed by atoms with Crippen molar-refractivity contribution in [1.29, 1.82) is 10.5 Å². The van der Waals surface area contributed by atoms with E-state index in [-0.39, 0.29) is 24.1 Å². The van der Waals surface area contributed by atoms with Crippen LogP contribution in [0.3, 0.4) is 0 Å². The number of nitrogens with zero attached hydrogens (tertiary/aromatic N) is 4. The summed E-state index contributed by atoms with van der Waals surface area (Å²) >= 11 is 10.4. The maximum Gasteiger partial charge on any atom is 0.238 e. The maximum absolute atomic E-state index is 8.94. The summed E-state index contributed by atoms with van der Waals surface area (Å²) in [5.74, 6) is 4.13. The number of allylic oxidation sites excluding steroid dienone is 1. The van der Waals surface area contributed by atoms with Gasteiger partial charge in [-0.05, 0) is 90.1 Å². The monoisotopic (exact) mass is 912 g/mol. The fourth-order valence-electron chi connectivity index (χ4n) is 4.72. The normalized spacial score (nSPS) is 10.8. The average molecular weight is 916 g/mol. The second-order valence-corrected chi connectivity index (χ2v) is 15.4. The molecule has 0 saturated heterocycles. The van der Waals surface area contributed by atoms with Crippen molar-refractivity contribution < 1.29 is 18.9 Å². The SMILES string of the molecule is CO/C=C(\C#N)Oc1cc(Br)c(C)cc1C(C)C.Cc1cc(C(C)C)c(OCC#N)cc1Br.Cc1cc(C(C)C)c(Oc2cnc(N)nc2N)cc1Br. The third-order valence-electron chi connectivity index (χ3n) is 7.61. The molecule has 3 aromatic carbocycles. The van der Waals surface area contributed by atoms with Gasteiger partial charge in [-0.15, -0.1) is 0 Å². The van der Waals surface area contributed by atoms with Gasteiger partial charge in [-0.1, -0.05) is 108 Å². The number of hydrogen-bond acceptors (Lipinski definition) is 10. The molecular weight excluding hydrogens is 868 g/mol. The molecule has 0 spiro atoms. The number of nitriles is 2. The molecule has 13 heteroatoms. The van der Waals surface area contributed by atoms with Crippen molar-refractivity contribution in [3.8, 4) is 35.1 Å². The first-order chi connectivity index (χ1) is 24.9. The standard InChI is InChI=1S/C14H17BrN4O.C14H16BrNO2.C12H14BrNO/c1-7(2)9-4-8(3)10(15)5-11(9)20-12-6-18-14(17)19-13(12)16;1-9(2)12-5-10(3)13(15)6-14(12)18-11(7-16)8-17-4;1-8(2)10-6-9(3)11(13)7-12(10)15-5-4-14/h4-7H,1-3H3,(H4,16,17,18,19);5-6,8-9H,1-4H3;6-8H,5H2,1-3H3/b;11-8+;. The number of anilines is 2. The molecule has 0 bridgehead atoms. The fraction of sp³-hybridized carbons (Fsp3) is 0.350. The lowest BCUT2D eigenvalue weighted by atomic mass is 10.00. The Morgan fingerprint density at radius 2 is 1.19 bits per heavy atom. The molecule has 53 heavy (non-hydrogen) atoms. The van der Waals surface area contributed by atoms with Crippen LogP contribution < -0.4 is 25.7 Å². The van der Waals surface area contributed by atoms with Crippen molar-refractivity contribution in [2.45, 2.75) is 80.1 Å². The number of methoxy groups -OCH3 is 1. The zero-order valence-corrected chi connectivity index (χ0v) is 36.5. The van der Waals surface area contributed by atoms with Crippen molar-refractivity contribution in [1.82, 2.24) is 9.97 Å². The van der Waals surface area contributed by atoms with E-state index in [0.29, 0.717) is 29.3 Å². The van der Waals surface area contributed by atoms with Crippen LogP contribution in [0.5, 0.6) is 23.0 Å². The van der Waals surface area contributed by atoms with E-state index < -0.39 is 0 Å². The minimum Gasteiger partial charge on any atom is -0.500 e. The number of nitrogens with two attached hydrogens (primary N) is 2. The molecule has 0 saturated carbocycles. The molecule has 0 aliphatic rings. The molecule has 4 rings (SSSR count). The molecule has 0 atom stereocenters. The van der Waals surface area contributed by atoms with Gasteiger partial charge in [0.05, 0.1) is 13.3 Å². The van der Waals surface area contributed by atoms with Crippen molar-refractivity contribution in [3.05, 3.63) is 101 Å². The lowest BCUT2D eigenvalue weighted by Crippen LogP contribution is -2.03. The van der Waals surface area contributed by atoms with Crippen LogP contribution in [-0.2, 0) is 4.74 Å². The van der Waals surface area contributed by atoms with E-state index in [1.165, 1.54) is 25.1 Å². The zero-order valence-electron chi connectivity index (χ0n) is 31.8. The highest BCUT2D eigenvalue weighted by Crippen LogP contribution is 2.37. The highest BCUT2D eigenvalue weighted by Gasteiger charge is 2.15. The topological polar surface area (TPSA) is 162 Å². The highest BCUT2D eigenvalue weighted by molar-refractivity contribution is 9.11. The summed E-state index contributed by atoms with van der Waals surface area (Å²) in [6.07, 6.45) is 2.77. The van der Waals surface area contributed by atoms with Gasteiger partial charge in [0.1, 0.15) is 35.6 Å². The Balaban J connectivity index is 0.000000278. The third kappa shape index (κ3) is 13.6. The maximum atomic E-state index is 8.94. The van der Waals surface area contributed by atoms with Gasteiger partial charge in [0.2, 0.25) is 11.7 Å². The van der Waals surface area contributed by atoms with Gasteiger partial charge in [0.25, 0.3) is 0 Å². The molecular formula is C40H47Br3N6O4. The molecule has 282 valence electrons.